The lowest BCUT2D eigenvalue weighted by Crippen LogP contribution is -2.30. The van der Waals surface area contributed by atoms with Crippen molar-refractivity contribution in [3.8, 4) is 22.9 Å². The molecule has 1 aromatic carbocycles. The van der Waals surface area contributed by atoms with Crippen LogP contribution in [-0.2, 0) is 11.7 Å². The van der Waals surface area contributed by atoms with Gasteiger partial charge in [-0.1, -0.05) is 11.6 Å². The summed E-state index contributed by atoms with van der Waals surface area (Å²) in [4.78, 5) is 19.4. The molecule has 0 spiro atoms. The first kappa shape index (κ1) is 23.3. The van der Waals surface area contributed by atoms with Gasteiger partial charge in [-0.3, -0.25) is 9.48 Å². The summed E-state index contributed by atoms with van der Waals surface area (Å²) in [6.45, 7) is 4.41. The van der Waals surface area contributed by atoms with Gasteiger partial charge in [0.25, 0.3) is 5.91 Å². The number of hydrogen-bond acceptors (Lipinski definition) is 6. The molecule has 13 heteroatoms. The quantitative estimate of drug-likeness (QED) is 0.543. The highest BCUT2D eigenvalue weighted by Crippen LogP contribution is 2.40. The summed E-state index contributed by atoms with van der Waals surface area (Å²) in [5.41, 5.74) is 6.91. The summed E-state index contributed by atoms with van der Waals surface area (Å²) in [5.74, 6) is -3.00. The summed E-state index contributed by atoms with van der Waals surface area (Å²) in [5, 5.41) is 3.80. The van der Waals surface area contributed by atoms with Crippen LogP contribution in [0, 0.1) is 5.82 Å². The molecule has 8 nitrogen and oxygen atoms in total. The molecule has 2 aromatic heterocycles. The Balaban J connectivity index is 2.14. The third-order valence-corrected chi connectivity index (χ3v) is 4.59. The zero-order valence-corrected chi connectivity index (χ0v) is 17.7. The number of nitrogens with two attached hydrogens (primary N) is 2. The maximum atomic E-state index is 14.7. The molecule has 3 aromatic rings. The molecule has 0 fully saturated rings. The van der Waals surface area contributed by atoms with Gasteiger partial charge in [0.05, 0.1) is 11.1 Å². The van der Waals surface area contributed by atoms with Crippen LogP contribution in [0.2, 0.25) is 5.02 Å². The van der Waals surface area contributed by atoms with Crippen molar-refractivity contribution in [2.24, 2.45) is 5.73 Å². The fourth-order valence-electron chi connectivity index (χ4n) is 2.87. The van der Waals surface area contributed by atoms with Crippen molar-refractivity contribution in [2.75, 3.05) is 5.73 Å². The van der Waals surface area contributed by atoms with Crippen molar-refractivity contribution in [1.29, 1.82) is 0 Å². The van der Waals surface area contributed by atoms with E-state index < -0.39 is 40.4 Å². The zero-order chi connectivity index (χ0) is 24.0. The van der Waals surface area contributed by atoms with Gasteiger partial charge in [-0.05, 0) is 39.0 Å². The van der Waals surface area contributed by atoms with E-state index in [4.69, 9.17) is 27.8 Å². The molecule has 0 radical (unpaired) electrons. The first-order valence-corrected chi connectivity index (χ1v) is 9.34. The van der Waals surface area contributed by atoms with Gasteiger partial charge in [-0.25, -0.2) is 9.37 Å². The Labute approximate surface area is 184 Å². The minimum atomic E-state index is -4.94. The number of rotatable bonds is 4. The molecule has 0 saturated heterocycles. The van der Waals surface area contributed by atoms with Crippen LogP contribution in [0.1, 0.15) is 36.8 Å². The average molecular weight is 473 g/mol. The van der Waals surface area contributed by atoms with Crippen LogP contribution in [-0.4, -0.2) is 25.7 Å². The maximum absolute atomic E-state index is 14.7. The number of anilines is 1. The monoisotopic (exact) mass is 472 g/mol. The van der Waals surface area contributed by atoms with Gasteiger partial charge in [0.1, 0.15) is 22.9 Å². The van der Waals surface area contributed by atoms with E-state index in [9.17, 15) is 22.4 Å². The second-order valence-electron chi connectivity index (χ2n) is 7.64. The van der Waals surface area contributed by atoms with Crippen LogP contribution in [0.25, 0.3) is 11.3 Å². The smallest absolute Gasteiger partial charge is 0.433 e. The van der Waals surface area contributed by atoms with E-state index in [0.29, 0.717) is 4.68 Å². The minimum absolute atomic E-state index is 0.0906. The van der Waals surface area contributed by atoms with Gasteiger partial charge in [-0.15, -0.1) is 0 Å². The van der Waals surface area contributed by atoms with Gasteiger partial charge in [0.15, 0.2) is 17.3 Å². The molecule has 4 N–H and O–H groups in total. The molecule has 0 atom stereocenters. The molecule has 0 aliphatic heterocycles. The summed E-state index contributed by atoms with van der Waals surface area (Å²) >= 11 is 5.92. The van der Waals surface area contributed by atoms with Gasteiger partial charge in [0.2, 0.25) is 5.88 Å². The zero-order valence-electron chi connectivity index (χ0n) is 17.0. The highest BCUT2D eigenvalue weighted by molar-refractivity contribution is 6.34. The fraction of sp³-hybridized carbons (Fsp3) is 0.263. The number of ether oxygens (including phenoxy) is 1. The van der Waals surface area contributed by atoms with E-state index in [1.807, 2.05) is 0 Å². The van der Waals surface area contributed by atoms with Crippen molar-refractivity contribution in [3.05, 3.63) is 46.6 Å². The first-order valence-electron chi connectivity index (χ1n) is 8.96. The first-order chi connectivity index (χ1) is 14.7. The Morgan fingerprint density at radius 1 is 1.19 bits per heavy atom. The number of amides is 1. The third-order valence-electron chi connectivity index (χ3n) is 4.23. The molecule has 0 bridgehead atoms. The molecule has 2 heterocycles. The lowest BCUT2D eigenvalue weighted by molar-refractivity contribution is -0.146. The second-order valence-corrected chi connectivity index (χ2v) is 8.02. The Hall–Kier alpha value is -3.41. The Bertz CT molecular complexity index is 1200. The second kappa shape index (κ2) is 7.93. The molecule has 32 heavy (non-hydrogen) atoms. The molecule has 0 unspecified atom stereocenters. The Morgan fingerprint density at radius 3 is 2.38 bits per heavy atom. The molecule has 3 rings (SSSR count). The van der Waals surface area contributed by atoms with Crippen LogP contribution in [0.5, 0.6) is 11.6 Å². The molecular weight excluding hydrogens is 456 g/mol. The van der Waals surface area contributed by atoms with E-state index in [-0.39, 0.29) is 28.0 Å². The van der Waals surface area contributed by atoms with Gasteiger partial charge < -0.3 is 16.2 Å². The van der Waals surface area contributed by atoms with E-state index >= 15 is 0 Å². The average Bonchev–Trinajstić information content (AvgIpc) is 3.09. The van der Waals surface area contributed by atoms with E-state index in [0.717, 1.165) is 18.5 Å². The number of benzene rings is 1. The number of carbonyl (C=O) groups is 1. The summed E-state index contributed by atoms with van der Waals surface area (Å²) in [6.07, 6.45) is -3.88. The highest BCUT2D eigenvalue weighted by Gasteiger charge is 2.44. The molecule has 0 aliphatic carbocycles. The van der Waals surface area contributed by atoms with Crippen molar-refractivity contribution < 1.29 is 27.1 Å². The van der Waals surface area contributed by atoms with E-state index in [1.54, 1.807) is 0 Å². The normalized spacial score (nSPS) is 12.1. The SMILES string of the molecule is CC(C)(C)n1nc(-c2ccc(Oc3ncnc(N)c3Cl)c(F)c2)c(C(N)=O)c1C(F)(F)F. The number of nitrogen functional groups attached to an aromatic ring is 1. The number of hydrogen-bond donors (Lipinski definition) is 2. The molecular formula is C19H17ClF4N6O2. The molecule has 0 aliphatic rings. The van der Waals surface area contributed by atoms with Crippen molar-refractivity contribution in [2.45, 2.75) is 32.5 Å². The van der Waals surface area contributed by atoms with Crippen molar-refractivity contribution >= 4 is 23.3 Å². The summed E-state index contributed by atoms with van der Waals surface area (Å²) in [7, 11) is 0. The predicted octanol–water partition coefficient (Wildman–Crippen LogP) is 4.38. The van der Waals surface area contributed by atoms with Gasteiger partial charge >= 0.3 is 6.18 Å². The van der Waals surface area contributed by atoms with Crippen molar-refractivity contribution in [1.82, 2.24) is 19.7 Å². The number of primary amides is 1. The minimum Gasteiger partial charge on any atom is -0.434 e. The number of aromatic nitrogens is 4. The number of nitrogens with zero attached hydrogens (tertiary/aromatic N) is 4. The van der Waals surface area contributed by atoms with Gasteiger partial charge in [0, 0.05) is 5.56 Å². The predicted molar refractivity (Wildman–Crippen MR) is 108 cm³/mol. The van der Waals surface area contributed by atoms with Crippen LogP contribution in [0.3, 0.4) is 0 Å². The van der Waals surface area contributed by atoms with Crippen LogP contribution in [0.4, 0.5) is 23.4 Å². The van der Waals surface area contributed by atoms with Crippen LogP contribution < -0.4 is 16.2 Å². The Kier molecular flexibility index (Phi) is 5.77. The lowest BCUT2D eigenvalue weighted by atomic mass is 10.0. The van der Waals surface area contributed by atoms with Gasteiger partial charge in [-0.2, -0.15) is 23.3 Å². The third kappa shape index (κ3) is 4.31. The fourth-order valence-corrected chi connectivity index (χ4v) is 3.01. The molecule has 170 valence electrons. The largest absolute Gasteiger partial charge is 0.434 e. The maximum Gasteiger partial charge on any atom is 0.433 e. The Morgan fingerprint density at radius 2 is 1.84 bits per heavy atom. The number of carbonyl (C=O) groups excluding carboxylic acids is 1. The number of alkyl halides is 3. The van der Waals surface area contributed by atoms with E-state index in [1.165, 1.54) is 26.8 Å². The van der Waals surface area contributed by atoms with Crippen LogP contribution >= 0.6 is 11.6 Å². The summed E-state index contributed by atoms with van der Waals surface area (Å²) in [6, 6.07) is 3.20. The summed E-state index contributed by atoms with van der Waals surface area (Å²) < 4.78 is 62.0. The standard InChI is InChI=1S/C19H17ClF4N6O2/c1-18(2,3)30-14(19(22,23)24)11(16(26)31)13(29-30)8-4-5-10(9(21)6-8)32-17-12(20)15(25)27-7-28-17/h4-7H,1-3H3,(H2,26,31)(H2,25,27,28). The number of halogens is 5. The van der Waals surface area contributed by atoms with Crippen molar-refractivity contribution in [3.63, 3.8) is 0 Å². The topological polar surface area (TPSA) is 122 Å². The van der Waals surface area contributed by atoms with Crippen LogP contribution in [0.15, 0.2) is 24.5 Å². The molecule has 0 saturated carbocycles. The lowest BCUT2D eigenvalue weighted by Gasteiger charge is -2.23. The van der Waals surface area contributed by atoms with E-state index in [2.05, 4.69) is 15.1 Å². The highest BCUT2D eigenvalue weighted by atomic mass is 35.5. The molecule has 1 amide bonds.